The molecule has 0 aromatic heterocycles. The highest BCUT2D eigenvalue weighted by atomic mass is 16.7. The highest BCUT2D eigenvalue weighted by Gasteiger charge is 2.37. The van der Waals surface area contributed by atoms with E-state index >= 15 is 0 Å². The molecule has 0 amide bonds. The fourth-order valence-corrected chi connectivity index (χ4v) is 3.55. The molecule has 0 unspecified atom stereocenters. The van der Waals surface area contributed by atoms with Crippen LogP contribution in [0.5, 0.6) is 5.75 Å². The lowest BCUT2D eigenvalue weighted by atomic mass is 9.64. The van der Waals surface area contributed by atoms with Crippen molar-refractivity contribution in [3.63, 3.8) is 0 Å². The van der Waals surface area contributed by atoms with E-state index in [1.54, 1.807) is 12.1 Å². The number of rotatable bonds is 11. The molecule has 2 rings (SSSR count). The topological polar surface area (TPSA) is 99.1 Å². The lowest BCUT2D eigenvalue weighted by Crippen LogP contribution is -2.36. The summed E-state index contributed by atoms with van der Waals surface area (Å²) in [7, 11) is -1.18. The van der Waals surface area contributed by atoms with Crippen molar-refractivity contribution in [2.75, 3.05) is 6.79 Å². The van der Waals surface area contributed by atoms with Gasteiger partial charge in [-0.1, -0.05) is 39.3 Å². The maximum atomic E-state index is 12.5. The maximum Gasteiger partial charge on any atom is 0.526 e. The lowest BCUT2D eigenvalue weighted by molar-refractivity contribution is -0.157. The molecule has 7 nitrogen and oxygen atoms in total. The molecule has 1 aromatic rings. The van der Waals surface area contributed by atoms with Crippen molar-refractivity contribution in [2.45, 2.75) is 71.5 Å². The van der Waals surface area contributed by atoms with Gasteiger partial charge in [0.15, 0.2) is 0 Å². The number of ketones is 1. The van der Waals surface area contributed by atoms with Crippen LogP contribution in [-0.2, 0) is 25.5 Å². The van der Waals surface area contributed by atoms with E-state index in [9.17, 15) is 19.4 Å². The molecule has 0 aliphatic carbocycles. The summed E-state index contributed by atoms with van der Waals surface area (Å²) < 4.78 is 15.7. The minimum absolute atomic E-state index is 0.0998. The predicted octanol–water partition coefficient (Wildman–Crippen LogP) is 3.72. The first-order valence-electron chi connectivity index (χ1n) is 10.7. The molecule has 0 spiro atoms. The van der Waals surface area contributed by atoms with Gasteiger partial charge < -0.3 is 19.2 Å². The largest absolute Gasteiger partial charge is 0.535 e. The summed E-state index contributed by atoms with van der Waals surface area (Å²) in [4.78, 5) is 36.4. The predicted molar refractivity (Wildman–Crippen MR) is 112 cm³/mol. The quantitative estimate of drug-likeness (QED) is 0.332. The Morgan fingerprint density at radius 3 is 2.60 bits per heavy atom. The van der Waals surface area contributed by atoms with Crippen LogP contribution in [0.2, 0.25) is 5.82 Å². The Morgan fingerprint density at radius 1 is 1.20 bits per heavy atom. The van der Waals surface area contributed by atoms with Gasteiger partial charge in [0.25, 0.3) is 0 Å². The molecule has 0 saturated carbocycles. The number of hydrogen-bond acceptors (Lipinski definition) is 7. The molecular weight excluding hydrogens is 387 g/mol. The molecule has 1 N–H and O–H groups in total. The molecule has 1 aliphatic heterocycles. The second-order valence-electron chi connectivity index (χ2n) is 7.64. The first-order chi connectivity index (χ1) is 14.4. The number of para-hydroxylation sites is 1. The summed E-state index contributed by atoms with van der Waals surface area (Å²) in [6.45, 7) is 5.33. The molecule has 0 fully saturated rings. The van der Waals surface area contributed by atoms with E-state index in [0.717, 1.165) is 18.4 Å². The zero-order valence-electron chi connectivity index (χ0n) is 18.0. The second kappa shape index (κ2) is 11.7. The lowest BCUT2D eigenvalue weighted by Gasteiger charge is -2.28. The molecule has 1 aromatic carbocycles. The van der Waals surface area contributed by atoms with Crippen molar-refractivity contribution < 1.29 is 33.5 Å². The Bertz CT molecular complexity index is 745. The molecule has 0 saturated heterocycles. The van der Waals surface area contributed by atoms with Crippen LogP contribution in [0.4, 0.5) is 0 Å². The zero-order chi connectivity index (χ0) is 22.1. The first-order valence-corrected chi connectivity index (χ1v) is 10.7. The zero-order valence-corrected chi connectivity index (χ0v) is 18.0. The summed E-state index contributed by atoms with van der Waals surface area (Å²) >= 11 is 0. The van der Waals surface area contributed by atoms with Crippen molar-refractivity contribution in [1.82, 2.24) is 0 Å². The summed E-state index contributed by atoms with van der Waals surface area (Å²) in [6.07, 6.45) is 4.25. The summed E-state index contributed by atoms with van der Waals surface area (Å²) in [5, 5.41) is 10.4. The monoisotopic (exact) mass is 418 g/mol. The molecule has 1 aliphatic rings. The van der Waals surface area contributed by atoms with E-state index in [-0.39, 0.29) is 35.3 Å². The van der Waals surface area contributed by atoms with Crippen LogP contribution < -0.4 is 4.65 Å². The van der Waals surface area contributed by atoms with Gasteiger partial charge in [-0.05, 0) is 37.3 Å². The number of ether oxygens (including phenoxy) is 2. The van der Waals surface area contributed by atoms with E-state index < -0.39 is 25.8 Å². The van der Waals surface area contributed by atoms with Crippen molar-refractivity contribution in [3.8, 4) is 5.75 Å². The summed E-state index contributed by atoms with van der Waals surface area (Å²) in [6, 6.07) is 5.03. The number of unbranched alkanes of at least 4 members (excludes halogenated alkanes) is 1. The third-order valence-electron chi connectivity index (χ3n) is 5.45. The molecule has 1 atom stereocenters. The maximum absolute atomic E-state index is 12.5. The molecule has 30 heavy (non-hydrogen) atoms. The van der Waals surface area contributed by atoms with Crippen LogP contribution in [0.25, 0.3) is 0 Å². The van der Waals surface area contributed by atoms with Crippen molar-refractivity contribution >= 4 is 24.8 Å². The number of carbonyl (C=O) groups is 3. The third-order valence-corrected chi connectivity index (χ3v) is 5.45. The normalized spacial score (nSPS) is 15.4. The van der Waals surface area contributed by atoms with Crippen LogP contribution in [0.1, 0.15) is 75.2 Å². The number of Topliss-reactive ketones (excluding diaryl/α,β-unsaturated/α-hetero) is 1. The molecule has 0 bridgehead atoms. The van der Waals surface area contributed by atoms with Gasteiger partial charge in [-0.2, -0.15) is 0 Å². The molecule has 0 radical (unpaired) electrons. The van der Waals surface area contributed by atoms with E-state index in [1.807, 2.05) is 20.8 Å². The molecule has 1 heterocycles. The molecular formula is C22H31BO7. The fraction of sp³-hybridized carbons (Fsp3) is 0.591. The average Bonchev–Trinajstić information content (AvgIpc) is 2.73. The van der Waals surface area contributed by atoms with Gasteiger partial charge in [0.2, 0.25) is 6.79 Å². The van der Waals surface area contributed by atoms with Crippen molar-refractivity contribution in [1.29, 1.82) is 0 Å². The number of esters is 2. The number of fused-ring (bicyclic) bond motifs is 1. The molecule has 8 heteroatoms. The van der Waals surface area contributed by atoms with E-state index in [1.165, 1.54) is 6.07 Å². The van der Waals surface area contributed by atoms with Crippen molar-refractivity contribution in [2.24, 2.45) is 5.92 Å². The Balaban J connectivity index is 1.99. The second-order valence-corrected chi connectivity index (χ2v) is 7.64. The fourth-order valence-electron chi connectivity index (χ4n) is 3.55. The smallest absolute Gasteiger partial charge is 0.526 e. The van der Waals surface area contributed by atoms with Gasteiger partial charge in [0.05, 0.1) is 5.92 Å². The van der Waals surface area contributed by atoms with Gasteiger partial charge in [-0.25, -0.2) is 4.79 Å². The minimum atomic E-state index is -1.18. The van der Waals surface area contributed by atoms with Crippen LogP contribution in [0.3, 0.4) is 0 Å². The summed E-state index contributed by atoms with van der Waals surface area (Å²) in [5.74, 6) is -1.32. The van der Waals surface area contributed by atoms with Crippen LogP contribution in [0, 0.1) is 5.92 Å². The van der Waals surface area contributed by atoms with Crippen LogP contribution >= 0.6 is 0 Å². The van der Waals surface area contributed by atoms with Crippen LogP contribution in [-0.4, -0.2) is 36.7 Å². The van der Waals surface area contributed by atoms with Crippen molar-refractivity contribution in [3.05, 3.63) is 29.3 Å². The number of hydrogen-bond donors (Lipinski definition) is 1. The van der Waals surface area contributed by atoms with E-state index in [4.69, 9.17) is 14.1 Å². The molecule has 164 valence electrons. The van der Waals surface area contributed by atoms with E-state index in [0.29, 0.717) is 25.7 Å². The SMILES string of the molecule is CCCCC(=O)C[C@H]1Cc2cccc(C(=O)OCOC(=O)C(CC)CC)c2OB1O. The first kappa shape index (κ1) is 23.9. The Kier molecular flexibility index (Phi) is 9.37. The van der Waals surface area contributed by atoms with Gasteiger partial charge >= 0.3 is 19.1 Å². The Labute approximate surface area is 178 Å². The van der Waals surface area contributed by atoms with Gasteiger partial charge in [-0.3, -0.25) is 9.59 Å². The van der Waals surface area contributed by atoms with Gasteiger partial charge in [0, 0.05) is 18.7 Å². The highest BCUT2D eigenvalue weighted by Crippen LogP contribution is 2.36. The van der Waals surface area contributed by atoms with E-state index in [2.05, 4.69) is 0 Å². The Hall–Kier alpha value is -2.35. The average molecular weight is 418 g/mol. The number of carbonyl (C=O) groups excluding carboxylic acids is 3. The third kappa shape index (κ3) is 6.32. The van der Waals surface area contributed by atoms with Gasteiger partial charge in [-0.15, -0.1) is 0 Å². The van der Waals surface area contributed by atoms with Gasteiger partial charge in [0.1, 0.15) is 17.1 Å². The Morgan fingerprint density at radius 2 is 1.93 bits per heavy atom. The standard InChI is InChI=1S/C22H31BO7/c1-4-7-10-18(24)13-17-12-16-9-8-11-19(20(16)30-23(17)27)22(26)29-14-28-21(25)15(5-2)6-3/h8-9,11,15,17,27H,4-7,10,12-14H2,1-3H3/t17-/m1/s1. The summed E-state index contributed by atoms with van der Waals surface area (Å²) in [5.41, 5.74) is 0.887. The van der Waals surface area contributed by atoms with Crippen LogP contribution in [0.15, 0.2) is 18.2 Å². The highest BCUT2D eigenvalue weighted by molar-refractivity contribution is 6.47. The minimum Gasteiger partial charge on any atom is -0.535 e. The number of benzene rings is 1.